The number of rotatable bonds is 11. The van der Waals surface area contributed by atoms with Crippen LogP contribution in [0, 0.1) is 11.2 Å². The van der Waals surface area contributed by atoms with Gasteiger partial charge in [-0.3, -0.25) is 9.69 Å². The largest absolute Gasteiger partial charge is 0.465 e. The van der Waals surface area contributed by atoms with Crippen LogP contribution in [0.2, 0.25) is 0 Å². The van der Waals surface area contributed by atoms with Gasteiger partial charge in [0.15, 0.2) is 11.5 Å². The molecule has 2 fully saturated rings. The number of esters is 1. The first-order valence-electron chi connectivity index (χ1n) is 16.4. The topological polar surface area (TPSA) is 113 Å². The standard InChI is InChI=1S/C34H40F4N8O3/c1-4-49-29(47)19-45-9-6-10-46(12-11-45)28-18-39-26(17-40-28)31-42-30-27(44(2)20-33(21-48-3)7-5-8-33)16-25(41-32(30)43-31)22-13-23(34(36,37)38)15-24(35)14-22/h13-18H,4-12,19-21H2,1-3H3,(H,41,42,43). The molecule has 0 amide bonds. The summed E-state index contributed by atoms with van der Waals surface area (Å²) in [5.74, 6) is -0.171. The summed E-state index contributed by atoms with van der Waals surface area (Å²) >= 11 is 0. The summed E-state index contributed by atoms with van der Waals surface area (Å²) in [7, 11) is 3.58. The third kappa shape index (κ3) is 7.77. The lowest BCUT2D eigenvalue weighted by molar-refractivity contribution is -0.144. The van der Waals surface area contributed by atoms with E-state index in [1.807, 2.05) is 11.9 Å². The molecule has 0 bridgehead atoms. The number of pyridine rings is 1. The van der Waals surface area contributed by atoms with Crippen LogP contribution < -0.4 is 9.80 Å². The molecule has 4 aromatic rings. The third-order valence-corrected chi connectivity index (χ3v) is 9.26. The number of benzene rings is 1. The van der Waals surface area contributed by atoms with Gasteiger partial charge in [-0.25, -0.2) is 24.3 Å². The molecule has 1 aliphatic heterocycles. The fraction of sp³-hybridized carbons (Fsp3) is 0.500. The van der Waals surface area contributed by atoms with E-state index in [2.05, 4.69) is 34.7 Å². The van der Waals surface area contributed by atoms with Crippen LogP contribution in [0.4, 0.5) is 29.1 Å². The monoisotopic (exact) mass is 684 g/mol. The van der Waals surface area contributed by atoms with E-state index in [9.17, 15) is 22.4 Å². The molecule has 0 radical (unpaired) electrons. The molecule has 262 valence electrons. The van der Waals surface area contributed by atoms with Gasteiger partial charge in [0.25, 0.3) is 0 Å². The minimum absolute atomic E-state index is 0.00825. The Morgan fingerprint density at radius 2 is 1.84 bits per heavy atom. The number of ether oxygens (including phenoxy) is 2. The minimum atomic E-state index is -4.73. The van der Waals surface area contributed by atoms with Gasteiger partial charge in [0, 0.05) is 57.9 Å². The molecule has 3 aromatic heterocycles. The Balaban J connectivity index is 1.31. The number of nitrogens with zero attached hydrogens (tertiary/aromatic N) is 7. The number of nitrogens with one attached hydrogen (secondary N) is 1. The first kappa shape index (κ1) is 34.5. The lowest BCUT2D eigenvalue weighted by Gasteiger charge is -2.44. The highest BCUT2D eigenvalue weighted by Crippen LogP contribution is 2.43. The number of H-pyrrole nitrogens is 1. The van der Waals surface area contributed by atoms with Gasteiger partial charge in [0.1, 0.15) is 22.8 Å². The Morgan fingerprint density at radius 1 is 1.02 bits per heavy atom. The Labute approximate surface area is 281 Å². The molecular formula is C34H40F4N8O3. The molecular weight excluding hydrogens is 644 g/mol. The van der Waals surface area contributed by atoms with Crippen molar-refractivity contribution in [3.05, 3.63) is 48.0 Å². The number of fused-ring (bicyclic) bond motifs is 1. The lowest BCUT2D eigenvalue weighted by atomic mass is 9.69. The SMILES string of the molecule is CCOC(=O)CN1CCCN(c2cnc(-c3nc4nc(-c5cc(F)cc(C(F)(F)F)c5)cc(N(C)CC5(COC)CCC5)c4[nH]3)cn2)CC1. The summed E-state index contributed by atoms with van der Waals surface area (Å²) in [5.41, 5.74) is 0.924. The highest BCUT2D eigenvalue weighted by Gasteiger charge is 2.38. The summed E-state index contributed by atoms with van der Waals surface area (Å²) in [6.45, 7) is 6.47. The highest BCUT2D eigenvalue weighted by molar-refractivity contribution is 5.91. The smallest absolute Gasteiger partial charge is 0.416 e. The van der Waals surface area contributed by atoms with E-state index >= 15 is 0 Å². The fourth-order valence-electron chi connectivity index (χ4n) is 6.72. The van der Waals surface area contributed by atoms with Crippen molar-refractivity contribution in [2.45, 2.75) is 38.8 Å². The molecule has 1 saturated carbocycles. The zero-order valence-electron chi connectivity index (χ0n) is 27.8. The third-order valence-electron chi connectivity index (χ3n) is 9.26. The molecule has 0 spiro atoms. The van der Waals surface area contributed by atoms with Gasteiger partial charge in [0.05, 0.1) is 49.1 Å². The lowest BCUT2D eigenvalue weighted by Crippen LogP contribution is -2.44. The Hall–Kier alpha value is -4.37. The average Bonchev–Trinajstić information content (AvgIpc) is 3.35. The molecule has 2 aliphatic rings. The Kier molecular flexibility index (Phi) is 10.0. The summed E-state index contributed by atoms with van der Waals surface area (Å²) in [6.07, 6.45) is 2.47. The molecule has 0 unspecified atom stereocenters. The van der Waals surface area contributed by atoms with E-state index in [0.29, 0.717) is 67.5 Å². The van der Waals surface area contributed by atoms with Crippen molar-refractivity contribution in [2.24, 2.45) is 5.41 Å². The van der Waals surface area contributed by atoms with Gasteiger partial charge in [-0.1, -0.05) is 6.42 Å². The zero-order valence-corrected chi connectivity index (χ0v) is 27.8. The number of imidazole rings is 1. The number of alkyl halides is 3. The van der Waals surface area contributed by atoms with E-state index in [4.69, 9.17) is 9.47 Å². The van der Waals surface area contributed by atoms with Crippen LogP contribution in [0.3, 0.4) is 0 Å². The molecule has 1 N–H and O–H groups in total. The number of aromatic nitrogens is 5. The van der Waals surface area contributed by atoms with Gasteiger partial charge in [-0.05, 0) is 50.5 Å². The second-order valence-corrected chi connectivity index (χ2v) is 12.9. The molecule has 1 aromatic carbocycles. The second-order valence-electron chi connectivity index (χ2n) is 12.9. The van der Waals surface area contributed by atoms with Gasteiger partial charge >= 0.3 is 12.1 Å². The molecule has 1 saturated heterocycles. The Morgan fingerprint density at radius 3 is 2.51 bits per heavy atom. The maximum absolute atomic E-state index is 14.5. The van der Waals surface area contributed by atoms with Crippen molar-refractivity contribution in [1.29, 1.82) is 0 Å². The number of aromatic amines is 1. The summed E-state index contributed by atoms with van der Waals surface area (Å²) in [6, 6.07) is 4.08. The molecule has 4 heterocycles. The zero-order chi connectivity index (χ0) is 34.8. The number of halogens is 4. The number of carbonyl (C=O) groups excluding carboxylic acids is 1. The number of methoxy groups -OCH3 is 1. The number of carbonyl (C=O) groups is 1. The van der Waals surface area contributed by atoms with Crippen LogP contribution >= 0.6 is 0 Å². The summed E-state index contributed by atoms with van der Waals surface area (Å²) < 4.78 is 65.9. The quantitative estimate of drug-likeness (QED) is 0.159. The molecule has 1 aliphatic carbocycles. The van der Waals surface area contributed by atoms with Gasteiger partial charge < -0.3 is 24.3 Å². The molecule has 0 atom stereocenters. The van der Waals surface area contributed by atoms with Crippen molar-refractivity contribution >= 4 is 28.6 Å². The number of hydrogen-bond donors (Lipinski definition) is 1. The van der Waals surface area contributed by atoms with Crippen LogP contribution in [-0.2, 0) is 20.4 Å². The molecule has 6 rings (SSSR count). The average molecular weight is 685 g/mol. The van der Waals surface area contributed by atoms with E-state index < -0.39 is 17.6 Å². The fourth-order valence-corrected chi connectivity index (χ4v) is 6.72. The van der Waals surface area contributed by atoms with E-state index in [1.165, 1.54) is 0 Å². The van der Waals surface area contributed by atoms with Crippen LogP contribution in [-0.4, -0.2) is 102 Å². The van der Waals surface area contributed by atoms with Crippen molar-refractivity contribution < 1.29 is 31.8 Å². The van der Waals surface area contributed by atoms with Crippen molar-refractivity contribution in [1.82, 2.24) is 29.8 Å². The van der Waals surface area contributed by atoms with Crippen LogP contribution in [0.1, 0.15) is 38.2 Å². The van der Waals surface area contributed by atoms with Crippen molar-refractivity contribution in [3.8, 4) is 22.8 Å². The van der Waals surface area contributed by atoms with E-state index in [-0.39, 0.29) is 34.8 Å². The first-order chi connectivity index (χ1) is 23.5. The van der Waals surface area contributed by atoms with Crippen LogP contribution in [0.5, 0.6) is 0 Å². The van der Waals surface area contributed by atoms with Gasteiger partial charge in [0.2, 0.25) is 0 Å². The van der Waals surface area contributed by atoms with Crippen molar-refractivity contribution in [2.75, 3.05) is 76.4 Å². The van der Waals surface area contributed by atoms with E-state index in [1.54, 1.807) is 32.5 Å². The minimum Gasteiger partial charge on any atom is -0.465 e. The maximum Gasteiger partial charge on any atom is 0.416 e. The first-order valence-corrected chi connectivity index (χ1v) is 16.4. The number of anilines is 2. The molecule has 15 heteroatoms. The second kappa shape index (κ2) is 14.2. The van der Waals surface area contributed by atoms with Crippen LogP contribution in [0.15, 0.2) is 36.7 Å². The predicted octanol–water partition coefficient (Wildman–Crippen LogP) is 5.57. The maximum atomic E-state index is 14.5. The van der Waals surface area contributed by atoms with Gasteiger partial charge in [-0.15, -0.1) is 0 Å². The van der Waals surface area contributed by atoms with E-state index in [0.717, 1.165) is 50.9 Å². The molecule has 11 nitrogen and oxygen atoms in total. The summed E-state index contributed by atoms with van der Waals surface area (Å²) in [4.78, 5) is 40.0. The Bertz CT molecular complexity index is 1780. The normalized spacial score (nSPS) is 16.8. The number of hydrogen-bond acceptors (Lipinski definition) is 10. The summed E-state index contributed by atoms with van der Waals surface area (Å²) in [5, 5.41) is 0. The highest BCUT2D eigenvalue weighted by atomic mass is 19.4. The van der Waals surface area contributed by atoms with Crippen LogP contribution in [0.25, 0.3) is 33.9 Å². The van der Waals surface area contributed by atoms with Crippen molar-refractivity contribution in [3.63, 3.8) is 0 Å². The van der Waals surface area contributed by atoms with Gasteiger partial charge in [-0.2, -0.15) is 13.2 Å². The molecule has 49 heavy (non-hydrogen) atoms. The predicted molar refractivity (Wildman–Crippen MR) is 177 cm³/mol.